The van der Waals surface area contributed by atoms with Gasteiger partial charge in [-0.25, -0.2) is 0 Å². The molecule has 0 fully saturated rings. The van der Waals surface area contributed by atoms with E-state index in [0.717, 1.165) is 24.8 Å². The first kappa shape index (κ1) is 27.1. The van der Waals surface area contributed by atoms with Crippen molar-refractivity contribution in [3.63, 3.8) is 0 Å². The first-order chi connectivity index (χ1) is 15.0. The molecule has 0 aliphatic rings. The van der Waals surface area contributed by atoms with E-state index in [1.807, 2.05) is 30.3 Å². The normalized spacial score (nSPS) is 10.9. The van der Waals surface area contributed by atoms with E-state index in [9.17, 15) is 13.0 Å². The van der Waals surface area contributed by atoms with Gasteiger partial charge in [-0.3, -0.25) is 4.55 Å². The number of benzene rings is 2. The van der Waals surface area contributed by atoms with Gasteiger partial charge in [0.2, 0.25) is 0 Å². The molecule has 2 aromatic rings. The molecule has 0 aromatic heterocycles. The summed E-state index contributed by atoms with van der Waals surface area (Å²) >= 11 is 0. The summed E-state index contributed by atoms with van der Waals surface area (Å²) < 4.78 is 31.8. The second-order valence-corrected chi connectivity index (χ2v) is 9.38. The van der Waals surface area contributed by atoms with Crippen molar-refractivity contribution in [2.75, 3.05) is 0 Å². The Bertz CT molecular complexity index is 813. The summed E-state index contributed by atoms with van der Waals surface area (Å²) in [5.74, 6) is 0. The summed E-state index contributed by atoms with van der Waals surface area (Å²) in [7, 11) is -4.10. The monoisotopic (exact) mass is 444 g/mol. The van der Waals surface area contributed by atoms with Gasteiger partial charge in [0.25, 0.3) is 10.1 Å². The van der Waals surface area contributed by atoms with Crippen LogP contribution < -0.4 is 0 Å². The van der Waals surface area contributed by atoms with Gasteiger partial charge >= 0.3 is 0 Å². The predicted octanol–water partition coefficient (Wildman–Crippen LogP) is 7.81. The van der Waals surface area contributed by atoms with E-state index in [2.05, 4.69) is 25.6 Å². The summed E-state index contributed by atoms with van der Waals surface area (Å²) in [6.07, 6.45) is 16.2. The van der Waals surface area contributed by atoms with Crippen LogP contribution in [0, 0.1) is 0 Å². The Balaban J connectivity index is 0.000000442. The number of rotatable bonds is 14. The molecular formula is C27H40O3S. The lowest BCUT2D eigenvalue weighted by molar-refractivity contribution is 0.481. The van der Waals surface area contributed by atoms with Crippen LogP contribution in [0.5, 0.6) is 0 Å². The van der Waals surface area contributed by atoms with Gasteiger partial charge in [0.1, 0.15) is 0 Å². The zero-order valence-corrected chi connectivity index (χ0v) is 20.0. The van der Waals surface area contributed by atoms with E-state index in [4.69, 9.17) is 0 Å². The van der Waals surface area contributed by atoms with Crippen molar-refractivity contribution in [3.8, 4) is 0 Å². The molecule has 0 amide bonds. The molecular weight excluding hydrogens is 404 g/mol. The van der Waals surface area contributed by atoms with Gasteiger partial charge in [0.05, 0.1) is 4.90 Å². The van der Waals surface area contributed by atoms with Crippen molar-refractivity contribution in [2.45, 2.75) is 88.9 Å². The molecule has 31 heavy (non-hydrogen) atoms. The second-order valence-electron chi connectivity index (χ2n) is 7.99. The Kier molecular flexibility index (Phi) is 14.6. The largest absolute Gasteiger partial charge is 0.294 e. The molecule has 1 N–H and O–H groups in total. The Hall–Kier alpha value is -1.91. The summed E-state index contributed by atoms with van der Waals surface area (Å²) in [5.41, 5.74) is 2.05. The molecule has 0 spiro atoms. The number of hydrogen-bond donors (Lipinski definition) is 1. The minimum absolute atomic E-state index is 0.0610. The lowest BCUT2D eigenvalue weighted by Crippen LogP contribution is -2.03. The summed E-state index contributed by atoms with van der Waals surface area (Å²) in [4.78, 5) is 0.0610. The van der Waals surface area contributed by atoms with Gasteiger partial charge in [-0.05, 0) is 36.5 Å². The molecule has 0 saturated heterocycles. The van der Waals surface area contributed by atoms with Crippen LogP contribution in [-0.4, -0.2) is 13.0 Å². The zero-order chi connectivity index (χ0) is 22.8. The van der Waals surface area contributed by atoms with E-state index in [-0.39, 0.29) is 4.90 Å². The lowest BCUT2D eigenvalue weighted by atomic mass is 10.0. The van der Waals surface area contributed by atoms with Gasteiger partial charge in [0.15, 0.2) is 0 Å². The average Bonchev–Trinajstić information content (AvgIpc) is 2.76. The number of aryl methyl sites for hydroxylation is 1. The molecule has 2 rings (SSSR count). The second kappa shape index (κ2) is 16.7. The van der Waals surface area contributed by atoms with Gasteiger partial charge in [-0.2, -0.15) is 8.42 Å². The minimum Gasteiger partial charge on any atom is -0.282 e. The first-order valence-electron chi connectivity index (χ1n) is 11.7. The molecule has 0 aliphatic heterocycles. The molecule has 4 heteroatoms. The van der Waals surface area contributed by atoms with Gasteiger partial charge in [-0.1, -0.05) is 119 Å². The smallest absolute Gasteiger partial charge is 0.282 e. The lowest BCUT2D eigenvalue weighted by Gasteiger charge is -2.07. The number of unbranched alkanes of at least 4 members (excludes halogenated alkanes) is 9. The minimum atomic E-state index is -4.10. The fraction of sp³-hybridized carbons (Fsp3) is 0.481. The fourth-order valence-corrected chi connectivity index (χ4v) is 4.30. The Morgan fingerprint density at radius 1 is 0.774 bits per heavy atom. The maximum absolute atomic E-state index is 11.3. The van der Waals surface area contributed by atoms with Crippen LogP contribution in [0.4, 0.5) is 0 Å². The van der Waals surface area contributed by atoms with Crippen molar-refractivity contribution in [1.29, 1.82) is 0 Å². The summed E-state index contributed by atoms with van der Waals surface area (Å²) in [5, 5.41) is 0. The third kappa shape index (κ3) is 13.2. The summed E-state index contributed by atoms with van der Waals surface area (Å²) in [6.45, 7) is 5.89. The standard InChI is InChI=1S/C18H30O3S.C9H10/c1-2-3-4-5-6-7-8-9-10-11-14-17-15-12-13-16-18(17)22(19,20)21;1-2-6-9-7-4-3-5-8-9/h12-13,15-16H,2-11,14H2,1H3,(H,19,20,21);2-5,7-8H,1,6H2. The Labute approximate surface area is 190 Å². The van der Waals surface area contributed by atoms with Crippen molar-refractivity contribution in [2.24, 2.45) is 0 Å². The highest BCUT2D eigenvalue weighted by atomic mass is 32.2. The van der Waals surface area contributed by atoms with E-state index >= 15 is 0 Å². The highest BCUT2D eigenvalue weighted by molar-refractivity contribution is 7.85. The molecule has 2 aromatic carbocycles. The SMILES string of the molecule is C=CCc1ccccc1.CCCCCCCCCCCCc1ccccc1S(=O)(=O)O. The first-order valence-corrected chi connectivity index (χ1v) is 13.1. The maximum Gasteiger partial charge on any atom is 0.294 e. The molecule has 3 nitrogen and oxygen atoms in total. The van der Waals surface area contributed by atoms with Gasteiger partial charge in [0, 0.05) is 0 Å². The van der Waals surface area contributed by atoms with E-state index in [0.29, 0.717) is 6.42 Å². The fourth-order valence-electron chi connectivity index (χ4n) is 3.55. The third-order valence-corrected chi connectivity index (χ3v) is 6.23. The van der Waals surface area contributed by atoms with Crippen molar-refractivity contribution in [1.82, 2.24) is 0 Å². The predicted molar refractivity (Wildman–Crippen MR) is 132 cm³/mol. The van der Waals surface area contributed by atoms with Crippen LogP contribution in [-0.2, 0) is 23.0 Å². The molecule has 0 atom stereocenters. The van der Waals surface area contributed by atoms with Crippen LogP contribution in [0.15, 0.2) is 72.1 Å². The third-order valence-electron chi connectivity index (χ3n) is 5.27. The van der Waals surface area contributed by atoms with Crippen molar-refractivity contribution in [3.05, 3.63) is 78.4 Å². The van der Waals surface area contributed by atoms with Crippen molar-refractivity contribution >= 4 is 10.1 Å². The van der Waals surface area contributed by atoms with E-state index in [1.165, 1.54) is 63.0 Å². The molecule has 0 heterocycles. The summed E-state index contributed by atoms with van der Waals surface area (Å²) in [6, 6.07) is 17.0. The molecule has 0 aliphatic carbocycles. The maximum atomic E-state index is 11.3. The molecule has 0 saturated carbocycles. The molecule has 0 unspecified atom stereocenters. The number of hydrogen-bond acceptors (Lipinski definition) is 2. The Morgan fingerprint density at radius 2 is 1.29 bits per heavy atom. The van der Waals surface area contributed by atoms with Gasteiger partial charge in [-0.15, -0.1) is 6.58 Å². The van der Waals surface area contributed by atoms with Crippen LogP contribution >= 0.6 is 0 Å². The van der Waals surface area contributed by atoms with Crippen LogP contribution in [0.1, 0.15) is 82.3 Å². The van der Waals surface area contributed by atoms with Crippen molar-refractivity contribution < 1.29 is 13.0 Å². The molecule has 172 valence electrons. The highest BCUT2D eigenvalue weighted by Crippen LogP contribution is 2.18. The van der Waals surface area contributed by atoms with Crippen LogP contribution in [0.3, 0.4) is 0 Å². The molecule has 0 radical (unpaired) electrons. The Morgan fingerprint density at radius 3 is 1.84 bits per heavy atom. The number of allylic oxidation sites excluding steroid dienone is 1. The zero-order valence-electron chi connectivity index (χ0n) is 19.1. The van der Waals surface area contributed by atoms with Crippen LogP contribution in [0.2, 0.25) is 0 Å². The quantitative estimate of drug-likeness (QED) is 0.184. The average molecular weight is 445 g/mol. The van der Waals surface area contributed by atoms with E-state index in [1.54, 1.807) is 12.1 Å². The molecule has 0 bridgehead atoms. The van der Waals surface area contributed by atoms with E-state index < -0.39 is 10.1 Å². The topological polar surface area (TPSA) is 54.4 Å². The van der Waals surface area contributed by atoms with Crippen LogP contribution in [0.25, 0.3) is 0 Å². The van der Waals surface area contributed by atoms with Gasteiger partial charge < -0.3 is 0 Å². The highest BCUT2D eigenvalue weighted by Gasteiger charge is 2.13.